The summed E-state index contributed by atoms with van der Waals surface area (Å²) in [5, 5.41) is 0. The molecule has 0 fully saturated rings. The van der Waals surface area contributed by atoms with Crippen LogP contribution in [0.1, 0.15) is 33.3 Å². The Morgan fingerprint density at radius 1 is 1.24 bits per heavy atom. The molecule has 1 aromatic rings. The third-order valence-electron chi connectivity index (χ3n) is 3.18. The van der Waals surface area contributed by atoms with Gasteiger partial charge in [0.2, 0.25) is 10.0 Å². The fraction of sp³-hybridized carbons (Fsp3) is 0.600. The van der Waals surface area contributed by atoms with E-state index in [0.29, 0.717) is 5.75 Å². The molecule has 0 saturated carbocycles. The molecule has 3 N–H and O–H groups in total. The predicted octanol–water partition coefficient (Wildman–Crippen LogP) is 2.04. The Labute approximate surface area is 127 Å². The fourth-order valence-corrected chi connectivity index (χ4v) is 3.38. The molecule has 0 heterocycles. The topological polar surface area (TPSA) is 81.4 Å². The maximum atomic E-state index is 12.4. The summed E-state index contributed by atoms with van der Waals surface area (Å²) >= 11 is 0. The van der Waals surface area contributed by atoms with Crippen molar-refractivity contribution in [2.75, 3.05) is 6.54 Å². The van der Waals surface area contributed by atoms with E-state index in [0.717, 1.165) is 5.56 Å². The Balaban J connectivity index is 3.01. The number of hydrogen-bond donors (Lipinski definition) is 2. The number of sulfonamides is 1. The first-order valence-corrected chi connectivity index (χ1v) is 8.65. The van der Waals surface area contributed by atoms with Crippen molar-refractivity contribution in [3.05, 3.63) is 23.8 Å². The second-order valence-electron chi connectivity index (χ2n) is 5.80. The van der Waals surface area contributed by atoms with Gasteiger partial charge >= 0.3 is 0 Å². The van der Waals surface area contributed by atoms with Crippen molar-refractivity contribution in [1.82, 2.24) is 4.72 Å². The van der Waals surface area contributed by atoms with Gasteiger partial charge in [-0.2, -0.15) is 0 Å². The van der Waals surface area contributed by atoms with E-state index in [-0.39, 0.29) is 29.5 Å². The van der Waals surface area contributed by atoms with Crippen molar-refractivity contribution in [3.63, 3.8) is 0 Å². The maximum Gasteiger partial charge on any atom is 0.240 e. The van der Waals surface area contributed by atoms with Crippen LogP contribution in [0, 0.1) is 12.8 Å². The van der Waals surface area contributed by atoms with Gasteiger partial charge in [0.1, 0.15) is 5.75 Å². The van der Waals surface area contributed by atoms with E-state index in [2.05, 4.69) is 4.72 Å². The largest absolute Gasteiger partial charge is 0.491 e. The third kappa shape index (κ3) is 4.98. The Bertz CT molecular complexity index is 568. The molecule has 5 nitrogen and oxygen atoms in total. The minimum Gasteiger partial charge on any atom is -0.491 e. The van der Waals surface area contributed by atoms with Crippen molar-refractivity contribution < 1.29 is 13.2 Å². The zero-order valence-electron chi connectivity index (χ0n) is 13.4. The SMILES string of the molecule is Cc1cc(S(=O)(=O)NC(CN)C(C)C)ccc1OC(C)C. The smallest absolute Gasteiger partial charge is 0.240 e. The van der Waals surface area contributed by atoms with Crippen LogP contribution in [0.15, 0.2) is 23.1 Å². The average Bonchev–Trinajstić information content (AvgIpc) is 2.37. The molecular weight excluding hydrogens is 288 g/mol. The van der Waals surface area contributed by atoms with Crippen LogP contribution in [0.2, 0.25) is 0 Å². The minimum absolute atomic E-state index is 0.0480. The highest BCUT2D eigenvalue weighted by molar-refractivity contribution is 7.89. The highest BCUT2D eigenvalue weighted by atomic mass is 32.2. The standard InChI is InChI=1S/C15H26N2O3S/c1-10(2)14(9-16)17-21(18,19)13-6-7-15(12(5)8-13)20-11(3)4/h6-8,10-11,14,17H,9,16H2,1-5H3. The molecule has 21 heavy (non-hydrogen) atoms. The lowest BCUT2D eigenvalue weighted by Crippen LogP contribution is -2.43. The van der Waals surface area contributed by atoms with E-state index < -0.39 is 10.0 Å². The van der Waals surface area contributed by atoms with Crippen molar-refractivity contribution in [2.45, 2.75) is 51.7 Å². The Morgan fingerprint density at radius 2 is 1.86 bits per heavy atom. The van der Waals surface area contributed by atoms with E-state index in [1.54, 1.807) is 18.2 Å². The summed E-state index contributed by atoms with van der Waals surface area (Å²) in [5.41, 5.74) is 6.41. The van der Waals surface area contributed by atoms with Crippen molar-refractivity contribution >= 4 is 10.0 Å². The molecule has 0 aromatic heterocycles. The Hall–Kier alpha value is -1.11. The molecule has 120 valence electrons. The average molecular weight is 314 g/mol. The molecule has 0 aliphatic heterocycles. The molecule has 0 saturated heterocycles. The number of aryl methyl sites for hydroxylation is 1. The van der Waals surface area contributed by atoms with Crippen LogP contribution in [-0.2, 0) is 10.0 Å². The third-order valence-corrected chi connectivity index (χ3v) is 4.67. The van der Waals surface area contributed by atoms with Crippen LogP contribution < -0.4 is 15.2 Å². The lowest BCUT2D eigenvalue weighted by Gasteiger charge is -2.21. The monoisotopic (exact) mass is 314 g/mol. The summed E-state index contributed by atoms with van der Waals surface area (Å²) in [6, 6.07) is 4.59. The Morgan fingerprint density at radius 3 is 2.29 bits per heavy atom. The number of ether oxygens (including phenoxy) is 1. The molecule has 6 heteroatoms. The second-order valence-corrected chi connectivity index (χ2v) is 7.52. The molecule has 0 bridgehead atoms. The van der Waals surface area contributed by atoms with Gasteiger partial charge in [-0.05, 0) is 50.5 Å². The van der Waals surface area contributed by atoms with Crippen LogP contribution >= 0.6 is 0 Å². The second kappa shape index (κ2) is 7.24. The highest BCUT2D eigenvalue weighted by Crippen LogP contribution is 2.23. The number of nitrogens with one attached hydrogen (secondary N) is 1. The molecule has 1 aromatic carbocycles. The van der Waals surface area contributed by atoms with Gasteiger partial charge in [0, 0.05) is 12.6 Å². The molecule has 0 aliphatic rings. The summed E-state index contributed by atoms with van der Waals surface area (Å²) in [7, 11) is -3.57. The summed E-state index contributed by atoms with van der Waals surface area (Å²) in [5.74, 6) is 0.831. The van der Waals surface area contributed by atoms with Gasteiger partial charge in [0.25, 0.3) is 0 Å². The van der Waals surface area contributed by atoms with E-state index in [4.69, 9.17) is 10.5 Å². The summed E-state index contributed by atoms with van der Waals surface area (Å²) in [4.78, 5) is 0.232. The van der Waals surface area contributed by atoms with Gasteiger partial charge in [-0.15, -0.1) is 0 Å². The first-order valence-electron chi connectivity index (χ1n) is 7.17. The van der Waals surface area contributed by atoms with Crippen molar-refractivity contribution in [1.29, 1.82) is 0 Å². The van der Waals surface area contributed by atoms with Crippen LogP contribution in [0.5, 0.6) is 5.75 Å². The van der Waals surface area contributed by atoms with Crippen LogP contribution in [0.3, 0.4) is 0 Å². The van der Waals surface area contributed by atoms with Crippen molar-refractivity contribution in [2.24, 2.45) is 11.7 Å². The van der Waals surface area contributed by atoms with Crippen molar-refractivity contribution in [3.8, 4) is 5.75 Å². The van der Waals surface area contributed by atoms with Crippen LogP contribution in [-0.4, -0.2) is 27.1 Å². The normalized spacial score (nSPS) is 13.7. The molecule has 1 unspecified atom stereocenters. The molecule has 0 amide bonds. The molecule has 0 aliphatic carbocycles. The minimum atomic E-state index is -3.57. The predicted molar refractivity (Wildman–Crippen MR) is 84.9 cm³/mol. The molecule has 1 atom stereocenters. The van der Waals surface area contributed by atoms with Crippen LogP contribution in [0.4, 0.5) is 0 Å². The lowest BCUT2D eigenvalue weighted by atomic mass is 10.1. The zero-order chi connectivity index (χ0) is 16.2. The molecule has 1 rings (SSSR count). The first kappa shape index (κ1) is 17.9. The zero-order valence-corrected chi connectivity index (χ0v) is 14.2. The number of benzene rings is 1. The van der Waals surface area contributed by atoms with Gasteiger partial charge in [-0.1, -0.05) is 13.8 Å². The van der Waals surface area contributed by atoms with E-state index in [1.807, 2.05) is 34.6 Å². The van der Waals surface area contributed by atoms with Gasteiger partial charge < -0.3 is 10.5 Å². The molecular formula is C15H26N2O3S. The van der Waals surface area contributed by atoms with E-state index in [1.165, 1.54) is 0 Å². The summed E-state index contributed by atoms with van der Waals surface area (Å²) < 4.78 is 33.0. The van der Waals surface area contributed by atoms with Crippen LogP contribution in [0.25, 0.3) is 0 Å². The van der Waals surface area contributed by atoms with Gasteiger partial charge in [-0.3, -0.25) is 0 Å². The summed E-state index contributed by atoms with van der Waals surface area (Å²) in [6.45, 7) is 9.83. The molecule has 0 radical (unpaired) electrons. The van der Waals surface area contributed by atoms with Gasteiger partial charge in [0.05, 0.1) is 11.0 Å². The number of hydrogen-bond acceptors (Lipinski definition) is 4. The van der Waals surface area contributed by atoms with Gasteiger partial charge in [0.15, 0.2) is 0 Å². The maximum absolute atomic E-state index is 12.4. The van der Waals surface area contributed by atoms with E-state index >= 15 is 0 Å². The molecule has 0 spiro atoms. The number of rotatable bonds is 7. The first-order chi connectivity index (χ1) is 9.67. The fourth-order valence-electron chi connectivity index (χ4n) is 1.90. The van der Waals surface area contributed by atoms with E-state index in [9.17, 15) is 8.42 Å². The van der Waals surface area contributed by atoms with Gasteiger partial charge in [-0.25, -0.2) is 13.1 Å². The highest BCUT2D eigenvalue weighted by Gasteiger charge is 2.22. The lowest BCUT2D eigenvalue weighted by molar-refractivity contribution is 0.240. The quantitative estimate of drug-likeness (QED) is 0.807. The summed E-state index contributed by atoms with van der Waals surface area (Å²) in [6.07, 6.45) is 0.0480. The Kier molecular flexibility index (Phi) is 6.19. The number of nitrogens with two attached hydrogens (primary N) is 1.